The van der Waals surface area contributed by atoms with Crippen LogP contribution < -0.4 is 0 Å². The van der Waals surface area contributed by atoms with Gasteiger partial charge in [0.1, 0.15) is 0 Å². The van der Waals surface area contributed by atoms with Crippen molar-refractivity contribution in [1.82, 2.24) is 0 Å². The van der Waals surface area contributed by atoms with Gasteiger partial charge in [-0.15, -0.1) is 11.6 Å². The molecule has 2 heteroatoms. The molecule has 0 rings (SSSR count). The molecule has 0 spiro atoms. The first-order valence-electron chi connectivity index (χ1n) is 10.8. The molecular weight excluding hydrogens is 331 g/mol. The molecule has 0 radical (unpaired) electrons. The molecule has 148 valence electrons. The van der Waals surface area contributed by atoms with Gasteiger partial charge < -0.3 is 0 Å². The highest BCUT2D eigenvalue weighted by molar-refractivity contribution is 6.92. The Bertz CT molecular complexity index is 238. The van der Waals surface area contributed by atoms with Crippen LogP contribution in [0.4, 0.5) is 0 Å². The highest BCUT2D eigenvalue weighted by Gasteiger charge is 2.31. The fourth-order valence-corrected chi connectivity index (χ4v) is 4.15. The topological polar surface area (TPSA) is 0 Å². The predicted octanol–water partition coefficient (Wildman–Crippen LogP) is 8.96. The van der Waals surface area contributed by atoms with Crippen molar-refractivity contribution in [3.63, 3.8) is 0 Å². The first kappa shape index (κ1) is 26.9. The maximum absolute atomic E-state index is 6.82. The van der Waals surface area contributed by atoms with Gasteiger partial charge in [-0.3, -0.25) is 0 Å². The molecule has 0 aromatic carbocycles. The number of rotatable bonds is 17. The summed E-state index contributed by atoms with van der Waals surface area (Å²) in [5.74, 6) is 0.710. The van der Waals surface area contributed by atoms with Gasteiger partial charge in [0.15, 0.2) is 0 Å². The molecule has 2 atom stereocenters. The van der Waals surface area contributed by atoms with Crippen molar-refractivity contribution in [1.29, 1.82) is 0 Å². The van der Waals surface area contributed by atoms with Crippen molar-refractivity contribution in [2.45, 2.75) is 135 Å². The van der Waals surface area contributed by atoms with E-state index in [0.717, 1.165) is 12.8 Å². The Balaban J connectivity index is 0. The Kier molecular flexibility index (Phi) is 20.8. The van der Waals surface area contributed by atoms with E-state index in [4.69, 9.17) is 11.6 Å². The van der Waals surface area contributed by atoms with Gasteiger partial charge in [0, 0.05) is 4.87 Å². The lowest BCUT2D eigenvalue weighted by atomic mass is 9.81. The summed E-state index contributed by atoms with van der Waals surface area (Å²) in [5.41, 5.74) is 0. The fourth-order valence-electron chi connectivity index (χ4n) is 3.89. The molecule has 0 aliphatic rings. The highest BCUT2D eigenvalue weighted by atomic mass is 35.5. The van der Waals surface area contributed by atoms with E-state index in [9.17, 15) is 0 Å². The summed E-state index contributed by atoms with van der Waals surface area (Å²) in [7, 11) is 0. The summed E-state index contributed by atoms with van der Waals surface area (Å²) in [5, 5.41) is 0. The van der Waals surface area contributed by atoms with Crippen LogP contribution in [0.25, 0.3) is 0 Å². The van der Waals surface area contributed by atoms with Crippen LogP contribution >= 0.6 is 21.5 Å². The van der Waals surface area contributed by atoms with Gasteiger partial charge in [-0.05, 0) is 25.2 Å². The minimum atomic E-state index is 0. The van der Waals surface area contributed by atoms with Crippen molar-refractivity contribution >= 4 is 21.5 Å². The van der Waals surface area contributed by atoms with Gasteiger partial charge in [-0.2, -0.15) is 9.90 Å². The third-order valence-electron chi connectivity index (χ3n) is 5.81. The van der Waals surface area contributed by atoms with Crippen LogP contribution in [0, 0.1) is 5.92 Å². The van der Waals surface area contributed by atoms with E-state index in [1.165, 1.54) is 89.9 Å². The Labute approximate surface area is 162 Å². The maximum Gasteiger partial charge on any atom is 0.0469 e. The van der Waals surface area contributed by atoms with Crippen LogP contribution in [0.15, 0.2) is 0 Å². The summed E-state index contributed by atoms with van der Waals surface area (Å²) < 4.78 is 0. The van der Waals surface area contributed by atoms with Crippen molar-refractivity contribution in [3.05, 3.63) is 0 Å². The molecule has 0 saturated carbocycles. The van der Waals surface area contributed by atoms with Crippen molar-refractivity contribution in [2.24, 2.45) is 5.92 Å². The van der Waals surface area contributed by atoms with Gasteiger partial charge >= 0.3 is 0 Å². The molecule has 0 aromatic heterocycles. The minimum absolute atomic E-state index is 0. The van der Waals surface area contributed by atoms with E-state index in [0.29, 0.717) is 5.92 Å². The van der Waals surface area contributed by atoms with Crippen LogP contribution in [0.1, 0.15) is 130 Å². The van der Waals surface area contributed by atoms with E-state index in [1.807, 2.05) is 0 Å². The van der Waals surface area contributed by atoms with E-state index in [-0.39, 0.29) is 14.8 Å². The average Bonchev–Trinajstić information content (AvgIpc) is 2.58. The lowest BCUT2D eigenvalue weighted by Gasteiger charge is -2.33. The monoisotopic (exact) mass is 378 g/mol. The fraction of sp³-hybridized carbons (Fsp3) is 1.00. The second-order valence-electron chi connectivity index (χ2n) is 7.52. The molecule has 0 aliphatic heterocycles. The van der Waals surface area contributed by atoms with Gasteiger partial charge in [0.05, 0.1) is 0 Å². The quantitative estimate of drug-likeness (QED) is 0.134. The highest BCUT2D eigenvalue weighted by Crippen LogP contribution is 2.38. The Morgan fingerprint density at radius 3 is 1.33 bits per heavy atom. The third kappa shape index (κ3) is 13.0. The van der Waals surface area contributed by atoms with Gasteiger partial charge in [0.2, 0.25) is 0 Å². The van der Waals surface area contributed by atoms with Crippen molar-refractivity contribution in [2.75, 3.05) is 0 Å². The predicted molar refractivity (Wildman–Crippen MR) is 120 cm³/mol. The molecule has 0 nitrogen and oxygen atoms in total. The Morgan fingerprint density at radius 2 is 1.00 bits per heavy atom. The van der Waals surface area contributed by atoms with Crippen LogP contribution in [-0.4, -0.2) is 4.87 Å². The van der Waals surface area contributed by atoms with E-state index in [2.05, 4.69) is 27.7 Å². The summed E-state index contributed by atoms with van der Waals surface area (Å²) in [4.78, 5) is 0.0620. The van der Waals surface area contributed by atoms with Gasteiger partial charge in [-0.25, -0.2) is 0 Å². The molecular formula is C22H48ClP. The van der Waals surface area contributed by atoms with Crippen molar-refractivity contribution in [3.8, 4) is 0 Å². The molecule has 0 fully saturated rings. The normalized spacial score (nSPS) is 12.9. The zero-order chi connectivity index (χ0) is 17.4. The SMILES string of the molecule is CCCCCCCCCCCCCCC(CC)C(Cl)(CC)CC.P. The Morgan fingerprint density at radius 1 is 0.625 bits per heavy atom. The lowest BCUT2D eigenvalue weighted by Crippen LogP contribution is -2.30. The molecule has 0 N–H and O–H groups in total. The summed E-state index contributed by atoms with van der Waals surface area (Å²) in [6.45, 7) is 9.11. The third-order valence-corrected chi connectivity index (χ3v) is 6.65. The van der Waals surface area contributed by atoms with Crippen molar-refractivity contribution < 1.29 is 0 Å². The second kappa shape index (κ2) is 18.5. The van der Waals surface area contributed by atoms with Gasteiger partial charge in [0.25, 0.3) is 0 Å². The first-order chi connectivity index (χ1) is 11.1. The molecule has 0 bridgehead atoms. The number of unbranched alkanes of at least 4 members (excludes halogenated alkanes) is 11. The number of halogens is 1. The summed E-state index contributed by atoms with van der Waals surface area (Å²) in [6, 6.07) is 0. The van der Waals surface area contributed by atoms with Crippen LogP contribution in [0.5, 0.6) is 0 Å². The number of alkyl halides is 1. The lowest BCUT2D eigenvalue weighted by molar-refractivity contribution is 0.306. The maximum atomic E-state index is 6.82. The molecule has 0 aliphatic carbocycles. The number of hydrogen-bond acceptors (Lipinski definition) is 0. The summed E-state index contributed by atoms with van der Waals surface area (Å²) >= 11 is 6.82. The van der Waals surface area contributed by atoms with E-state index in [1.54, 1.807) is 0 Å². The number of hydrogen-bond donors (Lipinski definition) is 0. The van der Waals surface area contributed by atoms with E-state index >= 15 is 0 Å². The standard InChI is InChI=1S/C22H45Cl.H3P/c1-5-9-10-11-12-13-14-15-16-17-18-19-20-21(6-2)22(23,7-3)8-4;/h21H,5-20H2,1-4H3;1H3. The summed E-state index contributed by atoms with van der Waals surface area (Å²) in [6.07, 6.45) is 22.0. The largest absolute Gasteiger partial charge is 0.153 e. The molecule has 2 unspecified atom stereocenters. The molecule has 0 heterocycles. The average molecular weight is 379 g/mol. The van der Waals surface area contributed by atoms with Crippen LogP contribution in [-0.2, 0) is 0 Å². The van der Waals surface area contributed by atoms with E-state index < -0.39 is 0 Å². The zero-order valence-corrected chi connectivity index (χ0v) is 19.6. The Hall–Kier alpha value is 0.720. The van der Waals surface area contributed by atoms with Crippen LogP contribution in [0.3, 0.4) is 0 Å². The molecule has 24 heavy (non-hydrogen) atoms. The van der Waals surface area contributed by atoms with Gasteiger partial charge in [-0.1, -0.05) is 111 Å². The first-order valence-corrected chi connectivity index (χ1v) is 11.2. The van der Waals surface area contributed by atoms with Crippen LogP contribution in [0.2, 0.25) is 0 Å². The minimum Gasteiger partial charge on any atom is -0.153 e. The molecule has 0 aromatic rings. The smallest absolute Gasteiger partial charge is 0.0469 e. The molecule has 0 amide bonds. The molecule has 0 saturated heterocycles. The zero-order valence-electron chi connectivity index (χ0n) is 17.5. The second-order valence-corrected chi connectivity index (χ2v) is 8.28.